The van der Waals surface area contributed by atoms with Crippen molar-refractivity contribution in [2.75, 3.05) is 0 Å². The van der Waals surface area contributed by atoms with Gasteiger partial charge in [0.05, 0.1) is 18.4 Å². The van der Waals surface area contributed by atoms with E-state index in [0.717, 1.165) is 5.69 Å². The molecule has 0 saturated heterocycles. The molecule has 21 heavy (non-hydrogen) atoms. The molecule has 0 bridgehead atoms. The highest BCUT2D eigenvalue weighted by Crippen LogP contribution is 2.16. The van der Waals surface area contributed by atoms with Crippen molar-refractivity contribution in [2.24, 2.45) is 12.8 Å². The van der Waals surface area contributed by atoms with Crippen LogP contribution in [0.4, 0.5) is 0 Å². The summed E-state index contributed by atoms with van der Waals surface area (Å²) in [5, 5.41) is 4.06. The Balaban J connectivity index is 2.16. The average molecular weight is 287 g/mol. The van der Waals surface area contributed by atoms with Crippen molar-refractivity contribution in [1.29, 1.82) is 0 Å². The first-order valence-electron chi connectivity index (χ1n) is 6.93. The first kappa shape index (κ1) is 15.2. The first-order valence-corrected chi connectivity index (χ1v) is 6.93. The number of nitrogens with two attached hydrogens (primary N) is 1. The van der Waals surface area contributed by atoms with Gasteiger partial charge in [-0.2, -0.15) is 5.10 Å². The van der Waals surface area contributed by atoms with Crippen molar-refractivity contribution in [1.82, 2.24) is 19.7 Å². The molecule has 2 aromatic heterocycles. The van der Waals surface area contributed by atoms with Crippen LogP contribution >= 0.6 is 0 Å². The lowest BCUT2D eigenvalue weighted by Gasteiger charge is -2.28. The quantitative estimate of drug-likeness (QED) is 0.898. The Morgan fingerprint density at radius 1 is 1.43 bits per heavy atom. The third kappa shape index (κ3) is 3.66. The topological polar surface area (TPSA) is 77.0 Å². The lowest BCUT2D eigenvalue weighted by atomic mass is 10.1. The van der Waals surface area contributed by atoms with Crippen LogP contribution in [0.5, 0.6) is 0 Å². The normalized spacial score (nSPS) is 12.4. The van der Waals surface area contributed by atoms with E-state index < -0.39 is 6.04 Å². The zero-order valence-electron chi connectivity index (χ0n) is 12.6. The zero-order chi connectivity index (χ0) is 15.4. The van der Waals surface area contributed by atoms with Crippen LogP contribution in [0.15, 0.2) is 36.8 Å². The van der Waals surface area contributed by atoms with Gasteiger partial charge in [0.25, 0.3) is 0 Å². The number of hydrogen-bond acceptors (Lipinski definition) is 4. The van der Waals surface area contributed by atoms with Gasteiger partial charge < -0.3 is 10.6 Å². The fourth-order valence-electron chi connectivity index (χ4n) is 2.10. The molecule has 0 aliphatic rings. The van der Waals surface area contributed by atoms with Crippen LogP contribution in [-0.2, 0) is 18.4 Å². The van der Waals surface area contributed by atoms with Crippen molar-refractivity contribution in [3.63, 3.8) is 0 Å². The summed E-state index contributed by atoms with van der Waals surface area (Å²) in [5.41, 5.74) is 7.64. The van der Waals surface area contributed by atoms with E-state index >= 15 is 0 Å². The van der Waals surface area contributed by atoms with Gasteiger partial charge in [-0.1, -0.05) is 6.07 Å². The molecule has 0 saturated carbocycles. The summed E-state index contributed by atoms with van der Waals surface area (Å²) in [6, 6.07) is 5.00. The van der Waals surface area contributed by atoms with Crippen molar-refractivity contribution < 1.29 is 4.79 Å². The van der Waals surface area contributed by atoms with E-state index in [1.54, 1.807) is 35.2 Å². The second-order valence-corrected chi connectivity index (χ2v) is 5.31. The number of rotatable bonds is 5. The summed E-state index contributed by atoms with van der Waals surface area (Å²) >= 11 is 0. The van der Waals surface area contributed by atoms with Crippen LogP contribution in [0.2, 0.25) is 0 Å². The van der Waals surface area contributed by atoms with E-state index in [1.807, 2.05) is 32.0 Å². The smallest absolute Gasteiger partial charge is 0.244 e. The monoisotopic (exact) mass is 287 g/mol. The van der Waals surface area contributed by atoms with E-state index in [2.05, 4.69) is 10.1 Å². The van der Waals surface area contributed by atoms with Crippen LogP contribution in [0.25, 0.3) is 0 Å². The minimum atomic E-state index is -0.704. The fourth-order valence-corrected chi connectivity index (χ4v) is 2.10. The number of amides is 1. The Bertz CT molecular complexity index is 593. The molecule has 0 aliphatic heterocycles. The number of aromatic nitrogens is 3. The summed E-state index contributed by atoms with van der Waals surface area (Å²) in [5.74, 6) is -0.122. The van der Waals surface area contributed by atoms with Crippen molar-refractivity contribution in [2.45, 2.75) is 32.5 Å². The highest BCUT2D eigenvalue weighted by Gasteiger charge is 2.25. The molecule has 112 valence electrons. The summed E-state index contributed by atoms with van der Waals surface area (Å²) in [7, 11) is 1.80. The van der Waals surface area contributed by atoms with Crippen LogP contribution < -0.4 is 5.73 Å². The van der Waals surface area contributed by atoms with Crippen LogP contribution in [-0.4, -0.2) is 31.6 Å². The van der Waals surface area contributed by atoms with Gasteiger partial charge in [0, 0.05) is 31.0 Å². The number of carbonyl (C=O) groups is 1. The fraction of sp³-hybridized carbons (Fsp3) is 0.400. The number of aryl methyl sites for hydroxylation is 1. The third-order valence-corrected chi connectivity index (χ3v) is 3.31. The highest BCUT2D eigenvalue weighted by molar-refractivity contribution is 5.83. The third-order valence-electron chi connectivity index (χ3n) is 3.31. The Morgan fingerprint density at radius 2 is 2.19 bits per heavy atom. The number of hydrogen-bond donors (Lipinski definition) is 1. The SMILES string of the molecule is CC(C)N(Cc1ccccn1)C(=O)C(N)c1cnn(C)c1. The van der Waals surface area contributed by atoms with Crippen LogP contribution in [0.1, 0.15) is 31.1 Å². The molecule has 0 aromatic carbocycles. The van der Waals surface area contributed by atoms with Crippen LogP contribution in [0.3, 0.4) is 0 Å². The Hall–Kier alpha value is -2.21. The molecule has 6 nitrogen and oxygen atoms in total. The predicted octanol–water partition coefficient (Wildman–Crippen LogP) is 1.25. The minimum Gasteiger partial charge on any atom is -0.333 e. The lowest BCUT2D eigenvalue weighted by molar-refractivity contribution is -0.135. The standard InChI is InChI=1S/C15H21N5O/c1-11(2)20(10-13-6-4-5-7-17-13)15(21)14(16)12-8-18-19(3)9-12/h4-9,11,14H,10,16H2,1-3H3. The van der Waals surface area contributed by atoms with Gasteiger partial charge in [-0.05, 0) is 26.0 Å². The van der Waals surface area contributed by atoms with Crippen molar-refractivity contribution >= 4 is 5.91 Å². The molecule has 1 atom stereocenters. The molecule has 6 heteroatoms. The maximum atomic E-state index is 12.6. The van der Waals surface area contributed by atoms with Crippen LogP contribution in [0, 0.1) is 0 Å². The number of pyridine rings is 1. The molecule has 2 aromatic rings. The number of nitrogens with zero attached hydrogens (tertiary/aromatic N) is 4. The highest BCUT2D eigenvalue weighted by atomic mass is 16.2. The van der Waals surface area contributed by atoms with E-state index in [0.29, 0.717) is 12.1 Å². The maximum absolute atomic E-state index is 12.6. The number of carbonyl (C=O) groups excluding carboxylic acids is 1. The second-order valence-electron chi connectivity index (χ2n) is 5.31. The van der Waals surface area contributed by atoms with Crippen molar-refractivity contribution in [3.05, 3.63) is 48.0 Å². The van der Waals surface area contributed by atoms with Gasteiger partial charge in [-0.15, -0.1) is 0 Å². The Kier molecular flexibility index (Phi) is 4.70. The summed E-state index contributed by atoms with van der Waals surface area (Å²) in [6.45, 7) is 4.39. The lowest BCUT2D eigenvalue weighted by Crippen LogP contribution is -2.42. The molecule has 2 rings (SSSR count). The largest absolute Gasteiger partial charge is 0.333 e. The van der Waals surface area contributed by atoms with Gasteiger partial charge in [-0.3, -0.25) is 14.5 Å². The van der Waals surface area contributed by atoms with Gasteiger partial charge in [-0.25, -0.2) is 0 Å². The molecule has 0 spiro atoms. The average Bonchev–Trinajstić information content (AvgIpc) is 2.90. The van der Waals surface area contributed by atoms with E-state index in [4.69, 9.17) is 5.73 Å². The molecular formula is C15H21N5O. The molecule has 1 amide bonds. The summed E-state index contributed by atoms with van der Waals surface area (Å²) in [4.78, 5) is 18.6. The maximum Gasteiger partial charge on any atom is 0.244 e. The zero-order valence-corrected chi connectivity index (χ0v) is 12.6. The van der Waals surface area contributed by atoms with Crippen molar-refractivity contribution in [3.8, 4) is 0 Å². The van der Waals surface area contributed by atoms with E-state index in [9.17, 15) is 4.79 Å². The first-order chi connectivity index (χ1) is 9.99. The Labute approximate surface area is 124 Å². The van der Waals surface area contributed by atoms with Gasteiger partial charge >= 0.3 is 0 Å². The van der Waals surface area contributed by atoms with Gasteiger partial charge in [0.15, 0.2) is 0 Å². The molecule has 1 unspecified atom stereocenters. The second kappa shape index (κ2) is 6.49. The minimum absolute atomic E-state index is 0.0437. The summed E-state index contributed by atoms with van der Waals surface area (Å²) in [6.07, 6.45) is 5.11. The molecular weight excluding hydrogens is 266 g/mol. The summed E-state index contributed by atoms with van der Waals surface area (Å²) < 4.78 is 1.64. The van der Waals surface area contributed by atoms with Gasteiger partial charge in [0.2, 0.25) is 5.91 Å². The molecule has 0 fully saturated rings. The molecule has 0 aliphatic carbocycles. The Morgan fingerprint density at radius 3 is 2.71 bits per heavy atom. The van der Waals surface area contributed by atoms with Gasteiger partial charge in [0.1, 0.15) is 6.04 Å². The molecule has 2 heterocycles. The predicted molar refractivity (Wildman–Crippen MR) is 80.1 cm³/mol. The molecule has 0 radical (unpaired) electrons. The van der Waals surface area contributed by atoms with E-state index in [-0.39, 0.29) is 11.9 Å². The van der Waals surface area contributed by atoms with E-state index in [1.165, 1.54) is 0 Å². The molecule has 2 N–H and O–H groups in total.